The van der Waals surface area contributed by atoms with Gasteiger partial charge in [0.1, 0.15) is 12.3 Å². The number of rotatable bonds is 8. The molecule has 0 saturated heterocycles. The fourth-order valence-electron chi connectivity index (χ4n) is 2.66. The van der Waals surface area contributed by atoms with Crippen molar-refractivity contribution >= 4 is 11.6 Å². The number of hydrogen-bond acceptors (Lipinski definition) is 1. The summed E-state index contributed by atoms with van der Waals surface area (Å²) in [6.45, 7) is 7.11. The fraction of sp³-hybridized carbons (Fsp3) is 0.400. The molecule has 0 radical (unpaired) electrons. The first-order valence-corrected chi connectivity index (χ1v) is 8.69. The summed E-state index contributed by atoms with van der Waals surface area (Å²) in [4.78, 5) is 1.54. The highest BCUT2D eigenvalue weighted by Crippen LogP contribution is 2.27. The first-order chi connectivity index (χ1) is 11.1. The van der Waals surface area contributed by atoms with Crippen molar-refractivity contribution in [1.29, 1.82) is 0 Å². The Morgan fingerprint density at radius 3 is 2.43 bits per heavy atom. The predicted molar refractivity (Wildman–Crippen MR) is 97.6 cm³/mol. The average Bonchev–Trinajstić information content (AvgIpc) is 2.55. The Kier molecular flexibility index (Phi) is 6.94. The van der Waals surface area contributed by atoms with Gasteiger partial charge >= 0.3 is 0 Å². The third-order valence-electron chi connectivity index (χ3n) is 4.28. The summed E-state index contributed by atoms with van der Waals surface area (Å²) >= 11 is 6.11. The minimum absolute atomic E-state index is 0.764. The van der Waals surface area contributed by atoms with Crippen LogP contribution in [0.15, 0.2) is 42.5 Å². The average molecular weight is 333 g/mol. The molecule has 1 atom stereocenters. The van der Waals surface area contributed by atoms with Crippen molar-refractivity contribution in [3.05, 3.63) is 64.2 Å². The van der Waals surface area contributed by atoms with E-state index in [1.807, 2.05) is 19.1 Å². The summed E-state index contributed by atoms with van der Waals surface area (Å²) in [5.74, 6) is 0.955. The molecule has 0 bridgehead atoms. The van der Waals surface area contributed by atoms with Gasteiger partial charge in [0.2, 0.25) is 0 Å². The highest BCUT2D eigenvalue weighted by molar-refractivity contribution is 6.31. The van der Waals surface area contributed by atoms with Crippen LogP contribution in [-0.2, 0) is 6.54 Å². The highest BCUT2D eigenvalue weighted by Gasteiger charge is 2.06. The van der Waals surface area contributed by atoms with Crippen molar-refractivity contribution in [2.45, 2.75) is 33.2 Å². The number of quaternary nitrogens is 1. The van der Waals surface area contributed by atoms with Crippen molar-refractivity contribution in [2.24, 2.45) is 0 Å². The van der Waals surface area contributed by atoms with E-state index in [0.717, 1.165) is 48.0 Å². The van der Waals surface area contributed by atoms with E-state index in [-0.39, 0.29) is 0 Å². The molecule has 2 rings (SSSR count). The molecular formula is C20H27ClNO+. The molecule has 0 aliphatic heterocycles. The number of unbranched alkanes of at least 4 members (excludes halogenated alkanes) is 1. The Morgan fingerprint density at radius 1 is 0.957 bits per heavy atom. The topological polar surface area (TPSA) is 13.7 Å². The third kappa shape index (κ3) is 5.56. The maximum absolute atomic E-state index is 6.11. The van der Waals surface area contributed by atoms with Crippen LogP contribution in [0, 0.1) is 13.8 Å². The van der Waals surface area contributed by atoms with E-state index in [0.29, 0.717) is 0 Å². The van der Waals surface area contributed by atoms with E-state index in [4.69, 9.17) is 16.3 Å². The fourth-order valence-corrected chi connectivity index (χ4v) is 2.87. The molecule has 1 N–H and O–H groups in total. The Labute approximate surface area is 145 Å². The van der Waals surface area contributed by atoms with Gasteiger partial charge < -0.3 is 9.64 Å². The van der Waals surface area contributed by atoms with E-state index in [1.54, 1.807) is 0 Å². The Hall–Kier alpha value is -1.51. The molecule has 0 aliphatic rings. The minimum atomic E-state index is 0.764. The van der Waals surface area contributed by atoms with Crippen LogP contribution < -0.4 is 9.64 Å². The molecule has 0 fully saturated rings. The molecule has 23 heavy (non-hydrogen) atoms. The Balaban J connectivity index is 1.67. The van der Waals surface area contributed by atoms with Crippen LogP contribution in [0.3, 0.4) is 0 Å². The van der Waals surface area contributed by atoms with Crippen LogP contribution in [0.2, 0.25) is 5.02 Å². The second kappa shape index (κ2) is 8.95. The minimum Gasteiger partial charge on any atom is -0.493 e. The van der Waals surface area contributed by atoms with Gasteiger partial charge in [-0.1, -0.05) is 41.9 Å². The van der Waals surface area contributed by atoms with Crippen molar-refractivity contribution in [2.75, 3.05) is 20.2 Å². The van der Waals surface area contributed by atoms with E-state index in [1.165, 1.54) is 16.9 Å². The van der Waals surface area contributed by atoms with Crippen LogP contribution in [0.5, 0.6) is 5.75 Å². The zero-order valence-corrected chi connectivity index (χ0v) is 15.1. The maximum atomic E-state index is 6.11. The molecule has 0 aromatic heterocycles. The molecule has 1 unspecified atom stereocenters. The molecule has 2 nitrogen and oxygen atoms in total. The molecule has 2 aromatic rings. The van der Waals surface area contributed by atoms with Gasteiger partial charge in [-0.25, -0.2) is 0 Å². The molecule has 0 aliphatic carbocycles. The molecule has 2 aromatic carbocycles. The SMILES string of the molecule is Cc1c(Cl)ccc(OCCCC[NH+](C)Cc2ccccc2)c1C. The smallest absolute Gasteiger partial charge is 0.122 e. The van der Waals surface area contributed by atoms with Gasteiger partial charge in [0.15, 0.2) is 0 Å². The van der Waals surface area contributed by atoms with Gasteiger partial charge in [0.05, 0.1) is 20.2 Å². The van der Waals surface area contributed by atoms with Crippen LogP contribution in [0.25, 0.3) is 0 Å². The lowest BCUT2D eigenvalue weighted by Gasteiger charge is -2.15. The third-order valence-corrected chi connectivity index (χ3v) is 4.69. The zero-order valence-electron chi connectivity index (χ0n) is 14.4. The summed E-state index contributed by atoms with van der Waals surface area (Å²) in [6.07, 6.45) is 2.25. The van der Waals surface area contributed by atoms with Gasteiger partial charge in [0.25, 0.3) is 0 Å². The molecular weight excluding hydrogens is 306 g/mol. The first-order valence-electron chi connectivity index (χ1n) is 8.31. The monoisotopic (exact) mass is 332 g/mol. The van der Waals surface area contributed by atoms with Crippen LogP contribution >= 0.6 is 11.6 Å². The van der Waals surface area contributed by atoms with Gasteiger partial charge in [-0.05, 0) is 49.9 Å². The summed E-state index contributed by atoms with van der Waals surface area (Å²) in [5, 5.41) is 0.806. The highest BCUT2D eigenvalue weighted by atomic mass is 35.5. The summed E-state index contributed by atoms with van der Waals surface area (Å²) in [7, 11) is 2.25. The molecule has 124 valence electrons. The maximum Gasteiger partial charge on any atom is 0.122 e. The summed E-state index contributed by atoms with van der Waals surface area (Å²) in [6, 6.07) is 14.5. The summed E-state index contributed by atoms with van der Waals surface area (Å²) < 4.78 is 5.90. The summed E-state index contributed by atoms with van der Waals surface area (Å²) in [5.41, 5.74) is 3.65. The van der Waals surface area contributed by atoms with Crippen LogP contribution in [0.1, 0.15) is 29.5 Å². The number of hydrogen-bond donors (Lipinski definition) is 1. The Morgan fingerprint density at radius 2 is 1.70 bits per heavy atom. The number of ether oxygens (including phenoxy) is 1. The molecule has 3 heteroatoms. The zero-order chi connectivity index (χ0) is 16.7. The van der Waals surface area contributed by atoms with Crippen molar-refractivity contribution < 1.29 is 9.64 Å². The molecule has 0 saturated carbocycles. The number of nitrogens with one attached hydrogen (secondary N) is 1. The van der Waals surface area contributed by atoms with Crippen molar-refractivity contribution in [3.8, 4) is 5.75 Å². The molecule has 0 amide bonds. The molecule has 0 heterocycles. The van der Waals surface area contributed by atoms with Crippen LogP contribution in [0.4, 0.5) is 0 Å². The van der Waals surface area contributed by atoms with Gasteiger partial charge in [0, 0.05) is 10.6 Å². The van der Waals surface area contributed by atoms with Gasteiger partial charge in [-0.3, -0.25) is 0 Å². The number of benzene rings is 2. The standard InChI is InChI=1S/C20H26ClNO/c1-16-17(2)20(12-11-19(16)21)23-14-8-7-13-22(3)15-18-9-5-4-6-10-18/h4-6,9-12H,7-8,13-15H2,1-3H3/p+1. The quantitative estimate of drug-likeness (QED) is 0.725. The largest absolute Gasteiger partial charge is 0.493 e. The predicted octanol–water partition coefficient (Wildman–Crippen LogP) is 3.83. The molecule has 0 spiro atoms. The lowest BCUT2D eigenvalue weighted by molar-refractivity contribution is -0.894. The van der Waals surface area contributed by atoms with Crippen LogP contribution in [-0.4, -0.2) is 20.2 Å². The van der Waals surface area contributed by atoms with E-state index < -0.39 is 0 Å². The lowest BCUT2D eigenvalue weighted by atomic mass is 10.1. The second-order valence-corrected chi connectivity index (χ2v) is 6.63. The number of halogens is 1. The second-order valence-electron chi connectivity index (χ2n) is 6.22. The first kappa shape index (κ1) is 17.8. The lowest BCUT2D eigenvalue weighted by Crippen LogP contribution is -3.07. The van der Waals surface area contributed by atoms with Gasteiger partial charge in [-0.2, -0.15) is 0 Å². The Bertz CT molecular complexity index is 613. The normalized spacial score (nSPS) is 12.2. The van der Waals surface area contributed by atoms with E-state index >= 15 is 0 Å². The van der Waals surface area contributed by atoms with Gasteiger partial charge in [-0.15, -0.1) is 0 Å². The van der Waals surface area contributed by atoms with E-state index in [9.17, 15) is 0 Å². The van der Waals surface area contributed by atoms with E-state index in [2.05, 4.69) is 44.3 Å². The van der Waals surface area contributed by atoms with Crippen molar-refractivity contribution in [1.82, 2.24) is 0 Å². The van der Waals surface area contributed by atoms with Crippen molar-refractivity contribution in [3.63, 3.8) is 0 Å².